The minimum Gasteiger partial charge on any atom is -0.394 e. The normalized spacial score (nSPS) is 20.2. The summed E-state index contributed by atoms with van der Waals surface area (Å²) in [4.78, 5) is 21.2. The molecule has 0 bridgehead atoms. The van der Waals surface area contributed by atoms with Crippen molar-refractivity contribution in [3.05, 3.63) is 30.2 Å². The Morgan fingerprint density at radius 3 is 3.21 bits per heavy atom. The summed E-state index contributed by atoms with van der Waals surface area (Å²) in [6.45, 7) is 1.74. The van der Waals surface area contributed by atoms with E-state index in [9.17, 15) is 4.79 Å². The molecule has 6 nitrogen and oxygen atoms in total. The molecule has 0 aromatic carbocycles. The van der Waals surface area contributed by atoms with E-state index in [0.29, 0.717) is 19.6 Å². The van der Waals surface area contributed by atoms with Gasteiger partial charge < -0.3 is 20.3 Å². The Morgan fingerprint density at radius 1 is 1.53 bits per heavy atom. The van der Waals surface area contributed by atoms with Crippen LogP contribution in [0.15, 0.2) is 24.5 Å². The number of nitrogens with zero attached hydrogens (tertiary/aromatic N) is 2. The highest BCUT2D eigenvalue weighted by molar-refractivity contribution is 5.83. The van der Waals surface area contributed by atoms with Crippen molar-refractivity contribution in [2.24, 2.45) is 0 Å². The number of H-pyrrole nitrogens is 1. The number of hydrogen-bond acceptors (Lipinski definition) is 4. The molecule has 1 amide bonds. The van der Waals surface area contributed by atoms with Crippen molar-refractivity contribution in [3.8, 4) is 0 Å². The van der Waals surface area contributed by atoms with Gasteiger partial charge in [-0.2, -0.15) is 0 Å². The van der Waals surface area contributed by atoms with Gasteiger partial charge in [0.05, 0.1) is 13.2 Å². The topological polar surface area (TPSA) is 81.2 Å². The molecule has 0 radical (unpaired) electrons. The molecule has 1 saturated heterocycles. The largest absolute Gasteiger partial charge is 0.394 e. The number of carbonyl (C=O) groups is 1. The third kappa shape index (κ3) is 2.32. The van der Waals surface area contributed by atoms with Crippen LogP contribution in [-0.4, -0.2) is 51.6 Å². The maximum Gasteiger partial charge on any atom is 0.242 e. The molecule has 1 atom stereocenters. The monoisotopic (exact) mass is 260 g/mol. The maximum absolute atomic E-state index is 12.1. The summed E-state index contributed by atoms with van der Waals surface area (Å²) < 4.78 is 0. The highest BCUT2D eigenvalue weighted by Gasteiger charge is 2.27. The second kappa shape index (κ2) is 4.99. The summed E-state index contributed by atoms with van der Waals surface area (Å²) in [6, 6.07) is 3.44. The molecule has 1 aliphatic heterocycles. The van der Waals surface area contributed by atoms with E-state index in [1.54, 1.807) is 17.3 Å². The van der Waals surface area contributed by atoms with Crippen molar-refractivity contribution in [2.75, 3.05) is 19.7 Å². The first-order valence-electron chi connectivity index (χ1n) is 6.32. The third-order valence-corrected chi connectivity index (χ3v) is 3.40. The van der Waals surface area contributed by atoms with Crippen LogP contribution in [0.3, 0.4) is 0 Å². The first-order chi connectivity index (χ1) is 9.28. The number of carbonyl (C=O) groups excluding carboxylic acids is 1. The number of amides is 1. The number of fused-ring (bicyclic) bond motifs is 1. The van der Waals surface area contributed by atoms with Gasteiger partial charge in [-0.05, 0) is 12.1 Å². The number of aromatic nitrogens is 2. The molecule has 1 fully saturated rings. The minimum absolute atomic E-state index is 0.0504. The molecule has 19 heavy (non-hydrogen) atoms. The van der Waals surface area contributed by atoms with Crippen molar-refractivity contribution >= 4 is 16.8 Å². The van der Waals surface area contributed by atoms with Gasteiger partial charge in [-0.25, -0.2) is 0 Å². The van der Waals surface area contributed by atoms with Crippen molar-refractivity contribution in [2.45, 2.75) is 12.6 Å². The lowest BCUT2D eigenvalue weighted by Gasteiger charge is -2.32. The smallest absolute Gasteiger partial charge is 0.242 e. The van der Waals surface area contributed by atoms with Gasteiger partial charge in [0.25, 0.3) is 0 Å². The first-order valence-corrected chi connectivity index (χ1v) is 6.32. The van der Waals surface area contributed by atoms with Gasteiger partial charge >= 0.3 is 0 Å². The average molecular weight is 260 g/mol. The zero-order valence-electron chi connectivity index (χ0n) is 10.5. The van der Waals surface area contributed by atoms with Crippen LogP contribution in [0, 0.1) is 0 Å². The third-order valence-electron chi connectivity index (χ3n) is 3.40. The Balaban J connectivity index is 1.78. The Hall–Kier alpha value is -1.92. The van der Waals surface area contributed by atoms with E-state index in [-0.39, 0.29) is 12.5 Å². The summed E-state index contributed by atoms with van der Waals surface area (Å²) >= 11 is 0. The summed E-state index contributed by atoms with van der Waals surface area (Å²) in [7, 11) is 0. The number of nitrogens with one attached hydrogen (secondary N) is 2. The number of aliphatic hydroxyl groups excluding tert-OH is 1. The fourth-order valence-electron chi connectivity index (χ4n) is 2.41. The number of aromatic amines is 1. The van der Waals surface area contributed by atoms with Crippen molar-refractivity contribution in [1.29, 1.82) is 0 Å². The Labute approximate surface area is 110 Å². The number of rotatable bonds is 3. The van der Waals surface area contributed by atoms with E-state index >= 15 is 0 Å². The molecule has 1 unspecified atom stereocenters. The summed E-state index contributed by atoms with van der Waals surface area (Å²) in [5.74, 6) is -0.0504. The number of pyridine rings is 1. The molecular weight excluding hydrogens is 244 g/mol. The van der Waals surface area contributed by atoms with E-state index in [4.69, 9.17) is 5.11 Å². The molecule has 2 aromatic heterocycles. The lowest BCUT2D eigenvalue weighted by Crippen LogP contribution is -2.56. The quantitative estimate of drug-likeness (QED) is 0.717. The molecule has 0 saturated carbocycles. The second-order valence-corrected chi connectivity index (χ2v) is 4.71. The predicted molar refractivity (Wildman–Crippen MR) is 70.4 cm³/mol. The van der Waals surface area contributed by atoms with Gasteiger partial charge in [0.2, 0.25) is 5.91 Å². The highest BCUT2D eigenvalue weighted by Crippen LogP contribution is 2.15. The predicted octanol–water partition coefficient (Wildman–Crippen LogP) is -0.144. The fraction of sp³-hybridized carbons (Fsp3) is 0.385. The van der Waals surface area contributed by atoms with Gasteiger partial charge in [0.1, 0.15) is 6.04 Å². The Kier molecular flexibility index (Phi) is 3.18. The maximum atomic E-state index is 12.1. The molecule has 3 N–H and O–H groups in total. The molecule has 3 heterocycles. The van der Waals surface area contributed by atoms with Crippen LogP contribution in [0.5, 0.6) is 0 Å². The van der Waals surface area contributed by atoms with Gasteiger partial charge in [-0.15, -0.1) is 0 Å². The van der Waals surface area contributed by atoms with Crippen molar-refractivity contribution in [3.63, 3.8) is 0 Å². The zero-order chi connectivity index (χ0) is 13.2. The van der Waals surface area contributed by atoms with Crippen LogP contribution in [-0.2, 0) is 11.3 Å². The Morgan fingerprint density at radius 2 is 2.42 bits per heavy atom. The first kappa shape index (κ1) is 12.1. The molecule has 2 aromatic rings. The highest BCUT2D eigenvalue weighted by atomic mass is 16.3. The average Bonchev–Trinajstić information content (AvgIpc) is 2.83. The summed E-state index contributed by atoms with van der Waals surface area (Å²) in [6.07, 6.45) is 3.53. The summed E-state index contributed by atoms with van der Waals surface area (Å²) in [5, 5.41) is 13.2. The second-order valence-electron chi connectivity index (χ2n) is 4.71. The van der Waals surface area contributed by atoms with E-state index in [1.807, 2.05) is 12.1 Å². The van der Waals surface area contributed by atoms with Crippen LogP contribution >= 0.6 is 0 Å². The SMILES string of the molecule is O=C1C(CO)NCCN1Cc1cc2cnccc2[nH]1. The van der Waals surface area contributed by atoms with Crippen molar-refractivity contribution in [1.82, 2.24) is 20.2 Å². The van der Waals surface area contributed by atoms with Gasteiger partial charge in [-0.1, -0.05) is 0 Å². The molecule has 0 aliphatic carbocycles. The molecule has 1 aliphatic rings. The van der Waals surface area contributed by atoms with Crippen LogP contribution < -0.4 is 5.32 Å². The number of aliphatic hydroxyl groups is 1. The molecule has 100 valence electrons. The zero-order valence-corrected chi connectivity index (χ0v) is 10.5. The van der Waals surface area contributed by atoms with E-state index in [2.05, 4.69) is 15.3 Å². The molecule has 0 spiro atoms. The lowest BCUT2D eigenvalue weighted by atomic mass is 10.2. The minimum atomic E-state index is -0.472. The summed E-state index contributed by atoms with van der Waals surface area (Å²) in [5.41, 5.74) is 2.00. The van der Waals surface area contributed by atoms with Crippen LogP contribution in [0.4, 0.5) is 0 Å². The molecule has 6 heteroatoms. The van der Waals surface area contributed by atoms with Gasteiger partial charge in [-0.3, -0.25) is 9.78 Å². The van der Waals surface area contributed by atoms with Crippen LogP contribution in [0.25, 0.3) is 10.9 Å². The van der Waals surface area contributed by atoms with E-state index in [1.165, 1.54) is 0 Å². The lowest BCUT2D eigenvalue weighted by molar-refractivity contribution is -0.137. The fourth-order valence-corrected chi connectivity index (χ4v) is 2.41. The van der Waals surface area contributed by atoms with Crippen LogP contribution in [0.1, 0.15) is 5.69 Å². The van der Waals surface area contributed by atoms with Gasteiger partial charge in [0, 0.05) is 42.1 Å². The molecule has 3 rings (SSSR count). The Bertz CT molecular complexity index is 562. The number of hydrogen-bond donors (Lipinski definition) is 3. The van der Waals surface area contributed by atoms with Crippen molar-refractivity contribution < 1.29 is 9.90 Å². The van der Waals surface area contributed by atoms with E-state index < -0.39 is 6.04 Å². The number of piperazine rings is 1. The standard InChI is InChI=1S/C13H16N4O2/c18-8-12-13(19)17(4-3-15-12)7-10-5-9-6-14-2-1-11(9)16-10/h1-2,5-6,12,15-16,18H,3-4,7-8H2. The van der Waals surface area contributed by atoms with Gasteiger partial charge in [0.15, 0.2) is 0 Å². The molecular formula is C13H16N4O2. The van der Waals surface area contributed by atoms with E-state index in [0.717, 1.165) is 16.6 Å². The van der Waals surface area contributed by atoms with Crippen LogP contribution in [0.2, 0.25) is 0 Å².